The number of hydrogen-bond acceptors (Lipinski definition) is 6. The van der Waals surface area contributed by atoms with Crippen LogP contribution in [-0.4, -0.2) is 73.2 Å². The lowest BCUT2D eigenvalue weighted by atomic mass is 10.0. The smallest absolute Gasteiger partial charge is 0.320 e. The number of rotatable bonds is 4. The molecular weight excluding hydrogens is 352 g/mol. The molecule has 0 saturated carbocycles. The van der Waals surface area contributed by atoms with Crippen molar-refractivity contribution in [2.75, 3.05) is 50.7 Å². The Kier molecular flexibility index (Phi) is 6.58. The van der Waals surface area contributed by atoms with Crippen molar-refractivity contribution < 1.29 is 9.53 Å². The molecule has 0 aromatic heterocycles. The maximum Gasteiger partial charge on any atom is 0.320 e. The first-order valence-corrected chi connectivity index (χ1v) is 10.3. The van der Waals surface area contributed by atoms with Gasteiger partial charge in [-0.15, -0.1) is 0 Å². The third kappa shape index (κ3) is 5.70. The van der Waals surface area contributed by atoms with E-state index in [2.05, 4.69) is 20.8 Å². The van der Waals surface area contributed by atoms with Crippen LogP contribution in [0, 0.1) is 11.3 Å². The summed E-state index contributed by atoms with van der Waals surface area (Å²) in [5.74, 6) is -0.123. The molecule has 0 aliphatic carbocycles. The van der Waals surface area contributed by atoms with Gasteiger partial charge in [0.15, 0.2) is 0 Å². The van der Waals surface area contributed by atoms with E-state index in [9.17, 15) is 4.79 Å². The van der Waals surface area contributed by atoms with Crippen LogP contribution < -0.4 is 4.90 Å². The van der Waals surface area contributed by atoms with Crippen molar-refractivity contribution in [2.45, 2.75) is 45.3 Å². The summed E-state index contributed by atoms with van der Waals surface area (Å²) in [6, 6.07) is 10.7. The number of carbonyl (C=O) groups excluding carboxylic acids is 1. The van der Waals surface area contributed by atoms with Crippen LogP contribution >= 0.6 is 0 Å². The first kappa shape index (κ1) is 20.6. The molecule has 152 valence electrons. The van der Waals surface area contributed by atoms with Gasteiger partial charge in [0, 0.05) is 51.0 Å². The van der Waals surface area contributed by atoms with Gasteiger partial charge in [-0.2, -0.15) is 5.26 Å². The van der Waals surface area contributed by atoms with E-state index in [1.54, 1.807) is 0 Å². The van der Waals surface area contributed by atoms with E-state index in [-0.39, 0.29) is 5.97 Å². The summed E-state index contributed by atoms with van der Waals surface area (Å²) in [6.07, 6.45) is 2.22. The van der Waals surface area contributed by atoms with Crippen LogP contribution in [-0.2, 0) is 9.53 Å². The number of nitriles is 1. The predicted molar refractivity (Wildman–Crippen MR) is 110 cm³/mol. The molecule has 1 aromatic rings. The average Bonchev–Trinajstić information content (AvgIpc) is 2.67. The van der Waals surface area contributed by atoms with Crippen molar-refractivity contribution in [1.29, 1.82) is 5.26 Å². The number of likely N-dealkylation sites (tertiary alicyclic amines) is 1. The fraction of sp³-hybridized carbons (Fsp3) is 0.636. The van der Waals surface area contributed by atoms with Crippen molar-refractivity contribution in [2.24, 2.45) is 0 Å². The standard InChI is InChI=1S/C22H32N4O2/c1-22(2,3)28-21(27)17-24-10-8-20(9-11-24)26-14-12-25(13-15-26)19-6-4-18(16-23)5-7-19/h4-7,20H,8-15,17H2,1-3H3. The number of anilines is 1. The Balaban J connectivity index is 1.41. The summed E-state index contributed by atoms with van der Waals surface area (Å²) in [4.78, 5) is 19.2. The highest BCUT2D eigenvalue weighted by molar-refractivity contribution is 5.72. The number of benzene rings is 1. The number of piperidine rings is 1. The molecular formula is C22H32N4O2. The van der Waals surface area contributed by atoms with Gasteiger partial charge in [-0.1, -0.05) is 0 Å². The lowest BCUT2D eigenvalue weighted by molar-refractivity contribution is -0.156. The second-order valence-corrected chi connectivity index (χ2v) is 8.78. The van der Waals surface area contributed by atoms with Gasteiger partial charge < -0.3 is 9.64 Å². The minimum absolute atomic E-state index is 0.123. The van der Waals surface area contributed by atoms with E-state index >= 15 is 0 Å². The molecule has 2 fully saturated rings. The molecule has 1 aromatic carbocycles. The van der Waals surface area contributed by atoms with Crippen LogP contribution in [0.4, 0.5) is 5.69 Å². The van der Waals surface area contributed by atoms with Gasteiger partial charge in [-0.3, -0.25) is 14.6 Å². The second kappa shape index (κ2) is 8.93. The van der Waals surface area contributed by atoms with Gasteiger partial charge in [0.25, 0.3) is 0 Å². The third-order valence-corrected chi connectivity index (χ3v) is 5.52. The molecule has 6 nitrogen and oxygen atoms in total. The van der Waals surface area contributed by atoms with Crippen LogP contribution in [0.3, 0.4) is 0 Å². The molecule has 0 N–H and O–H groups in total. The van der Waals surface area contributed by atoms with Gasteiger partial charge in [-0.05, 0) is 57.9 Å². The predicted octanol–water partition coefficient (Wildman–Crippen LogP) is 2.49. The fourth-order valence-electron chi connectivity index (χ4n) is 4.09. The van der Waals surface area contributed by atoms with E-state index in [4.69, 9.17) is 10.00 Å². The Morgan fingerprint density at radius 3 is 2.21 bits per heavy atom. The lowest BCUT2D eigenvalue weighted by Gasteiger charge is -2.43. The molecule has 0 radical (unpaired) electrons. The molecule has 0 unspecified atom stereocenters. The van der Waals surface area contributed by atoms with E-state index in [1.807, 2.05) is 45.0 Å². The molecule has 2 aliphatic heterocycles. The minimum Gasteiger partial charge on any atom is -0.459 e. The average molecular weight is 385 g/mol. The molecule has 0 amide bonds. The molecule has 2 heterocycles. The Bertz CT molecular complexity index is 689. The summed E-state index contributed by atoms with van der Waals surface area (Å²) in [7, 11) is 0. The van der Waals surface area contributed by atoms with E-state index in [1.165, 1.54) is 5.69 Å². The number of hydrogen-bond donors (Lipinski definition) is 0. The number of esters is 1. The molecule has 0 spiro atoms. The maximum absolute atomic E-state index is 12.0. The first-order chi connectivity index (χ1) is 13.3. The molecule has 6 heteroatoms. The van der Waals surface area contributed by atoms with Crippen molar-refractivity contribution >= 4 is 11.7 Å². The zero-order chi connectivity index (χ0) is 20.1. The number of nitrogens with zero attached hydrogens (tertiary/aromatic N) is 4. The Morgan fingerprint density at radius 2 is 1.68 bits per heavy atom. The van der Waals surface area contributed by atoms with E-state index in [0.717, 1.165) is 52.1 Å². The van der Waals surface area contributed by atoms with Gasteiger partial charge in [0.1, 0.15) is 5.60 Å². The van der Waals surface area contributed by atoms with Crippen LogP contribution in [0.15, 0.2) is 24.3 Å². The summed E-state index contributed by atoms with van der Waals surface area (Å²) in [5, 5.41) is 8.93. The van der Waals surface area contributed by atoms with Crippen molar-refractivity contribution in [3.63, 3.8) is 0 Å². The van der Waals surface area contributed by atoms with Gasteiger partial charge in [0.05, 0.1) is 18.2 Å². The molecule has 2 saturated heterocycles. The highest BCUT2D eigenvalue weighted by Gasteiger charge is 2.29. The summed E-state index contributed by atoms with van der Waals surface area (Å²) >= 11 is 0. The minimum atomic E-state index is -0.413. The highest BCUT2D eigenvalue weighted by Crippen LogP contribution is 2.22. The Morgan fingerprint density at radius 1 is 1.07 bits per heavy atom. The normalized spacial score (nSPS) is 20.0. The Hall–Kier alpha value is -2.10. The van der Waals surface area contributed by atoms with Gasteiger partial charge in [-0.25, -0.2) is 0 Å². The van der Waals surface area contributed by atoms with Crippen molar-refractivity contribution in [1.82, 2.24) is 9.80 Å². The lowest BCUT2D eigenvalue weighted by Crippen LogP contribution is -2.53. The molecule has 28 heavy (non-hydrogen) atoms. The molecule has 3 rings (SSSR count). The zero-order valence-corrected chi connectivity index (χ0v) is 17.4. The summed E-state index contributed by atoms with van der Waals surface area (Å²) in [6.45, 7) is 12.2. The van der Waals surface area contributed by atoms with Crippen LogP contribution in [0.25, 0.3) is 0 Å². The molecule has 0 bridgehead atoms. The third-order valence-electron chi connectivity index (χ3n) is 5.52. The second-order valence-electron chi connectivity index (χ2n) is 8.78. The summed E-state index contributed by atoms with van der Waals surface area (Å²) < 4.78 is 5.44. The Labute approximate surface area is 168 Å². The number of piperazine rings is 1. The molecule has 2 aliphatic rings. The first-order valence-electron chi connectivity index (χ1n) is 10.3. The quantitative estimate of drug-likeness (QED) is 0.744. The van der Waals surface area contributed by atoms with E-state index < -0.39 is 5.60 Å². The zero-order valence-electron chi connectivity index (χ0n) is 17.4. The molecule has 0 atom stereocenters. The highest BCUT2D eigenvalue weighted by atomic mass is 16.6. The topological polar surface area (TPSA) is 59.8 Å². The maximum atomic E-state index is 12.0. The van der Waals surface area contributed by atoms with Crippen LogP contribution in [0.2, 0.25) is 0 Å². The van der Waals surface area contributed by atoms with Crippen LogP contribution in [0.1, 0.15) is 39.2 Å². The summed E-state index contributed by atoms with van der Waals surface area (Å²) in [5.41, 5.74) is 1.50. The monoisotopic (exact) mass is 384 g/mol. The SMILES string of the molecule is CC(C)(C)OC(=O)CN1CCC(N2CCN(c3ccc(C#N)cc3)CC2)CC1. The largest absolute Gasteiger partial charge is 0.459 e. The number of carbonyl (C=O) groups is 1. The van der Waals surface area contributed by atoms with Crippen molar-refractivity contribution in [3.05, 3.63) is 29.8 Å². The van der Waals surface area contributed by atoms with Gasteiger partial charge in [0.2, 0.25) is 0 Å². The van der Waals surface area contributed by atoms with Crippen LogP contribution in [0.5, 0.6) is 0 Å². The van der Waals surface area contributed by atoms with Crippen molar-refractivity contribution in [3.8, 4) is 6.07 Å². The van der Waals surface area contributed by atoms with E-state index in [0.29, 0.717) is 18.2 Å². The number of ether oxygens (including phenoxy) is 1. The fourth-order valence-corrected chi connectivity index (χ4v) is 4.09. The van der Waals surface area contributed by atoms with Gasteiger partial charge >= 0.3 is 5.97 Å².